The molecule has 1 saturated carbocycles. The van der Waals surface area contributed by atoms with E-state index in [1.54, 1.807) is 0 Å². The Morgan fingerprint density at radius 1 is 1.33 bits per heavy atom. The van der Waals surface area contributed by atoms with Crippen LogP contribution in [-0.2, 0) is 4.79 Å². The van der Waals surface area contributed by atoms with Gasteiger partial charge >= 0.3 is 0 Å². The maximum Gasteiger partial charge on any atom is 0.266 e. The quantitative estimate of drug-likeness (QED) is 0.782. The monoisotopic (exact) mass is 383 g/mol. The third-order valence-electron chi connectivity index (χ3n) is 5.62. The largest absolute Gasteiger partial charge is 0.490 e. The van der Waals surface area contributed by atoms with Crippen LogP contribution in [-0.4, -0.2) is 42.5 Å². The zero-order valence-electron chi connectivity index (χ0n) is 15.1. The number of aromatic amines is 1. The van der Waals surface area contributed by atoms with Crippen LogP contribution in [0.3, 0.4) is 0 Å². The van der Waals surface area contributed by atoms with Crippen molar-refractivity contribution in [2.45, 2.75) is 25.3 Å². The molecule has 0 atom stereocenters. The number of nitrogens with zero attached hydrogens (tertiary/aromatic N) is 1. The number of H-pyrrole nitrogens is 1. The van der Waals surface area contributed by atoms with Gasteiger partial charge in [-0.2, -0.15) is 0 Å². The number of ether oxygens (including phenoxy) is 1. The normalized spacial score (nSPS) is 22.9. The summed E-state index contributed by atoms with van der Waals surface area (Å²) in [7, 11) is 0. The lowest BCUT2D eigenvalue weighted by molar-refractivity contribution is -0.115. The average Bonchev–Trinajstić information content (AvgIpc) is 3.29. The zero-order valence-corrected chi connectivity index (χ0v) is 15.9. The molecule has 2 aliphatic heterocycles. The van der Waals surface area contributed by atoms with E-state index in [1.165, 1.54) is 11.3 Å². The molecular formula is C20H21N3O3S. The summed E-state index contributed by atoms with van der Waals surface area (Å²) in [6.45, 7) is 5.14. The lowest BCUT2D eigenvalue weighted by Crippen LogP contribution is -2.32. The van der Waals surface area contributed by atoms with Crippen molar-refractivity contribution in [1.29, 1.82) is 0 Å². The summed E-state index contributed by atoms with van der Waals surface area (Å²) >= 11 is 1.36. The number of rotatable bonds is 2. The smallest absolute Gasteiger partial charge is 0.266 e. The highest BCUT2D eigenvalue weighted by Crippen LogP contribution is 2.41. The lowest BCUT2D eigenvalue weighted by atomic mass is 10.1. The Bertz CT molecular complexity index is 1110. The summed E-state index contributed by atoms with van der Waals surface area (Å²) in [5.74, 6) is 1.03. The molecule has 3 heterocycles. The van der Waals surface area contributed by atoms with Gasteiger partial charge in [0.25, 0.3) is 5.56 Å². The number of aromatic nitrogens is 1. The predicted octanol–water partition coefficient (Wildman–Crippen LogP) is 0.340. The van der Waals surface area contributed by atoms with Crippen molar-refractivity contribution in [2.24, 2.45) is 0 Å². The molecule has 1 aliphatic carbocycles. The topological polar surface area (TPSA) is 74.4 Å². The molecule has 0 bridgehead atoms. The van der Waals surface area contributed by atoms with Gasteiger partial charge < -0.3 is 19.9 Å². The predicted molar refractivity (Wildman–Crippen MR) is 106 cm³/mol. The van der Waals surface area contributed by atoms with Crippen LogP contribution < -0.4 is 29.7 Å². The van der Waals surface area contributed by atoms with Crippen LogP contribution in [0.4, 0.5) is 5.69 Å². The number of carbonyl (C=O) groups excluding carboxylic acids is 1. The minimum atomic E-state index is -0.331. The Labute approximate surface area is 160 Å². The molecule has 2 aromatic rings. The number of nitrogens with one attached hydrogen (secondary N) is 2. The molecule has 140 valence electrons. The molecule has 1 saturated heterocycles. The van der Waals surface area contributed by atoms with E-state index in [0.717, 1.165) is 42.9 Å². The number of hydrogen-bond acceptors (Lipinski definition) is 6. The minimum Gasteiger partial charge on any atom is -0.490 e. The molecule has 27 heavy (non-hydrogen) atoms. The zero-order chi connectivity index (χ0) is 18.6. The Hall–Kier alpha value is -2.38. The molecule has 1 spiro atoms. The SMILES string of the molecule is CCN1CCOc2ccc(/C=c3\s/c(=C4\CNC5(CC5)C4=O)[nH]c3=O)cc21. The first-order valence-corrected chi connectivity index (χ1v) is 10.2. The average molecular weight is 383 g/mol. The molecule has 1 aromatic heterocycles. The van der Waals surface area contributed by atoms with E-state index in [2.05, 4.69) is 28.2 Å². The molecule has 0 amide bonds. The van der Waals surface area contributed by atoms with Crippen LogP contribution in [0.25, 0.3) is 11.6 Å². The van der Waals surface area contributed by atoms with Gasteiger partial charge in [0.05, 0.1) is 22.3 Å². The molecular weight excluding hydrogens is 362 g/mol. The summed E-state index contributed by atoms with van der Waals surface area (Å²) in [5.41, 5.74) is 2.25. The molecule has 6 nitrogen and oxygen atoms in total. The first-order chi connectivity index (χ1) is 13.1. The fourth-order valence-electron chi connectivity index (χ4n) is 3.86. The third kappa shape index (κ3) is 2.73. The van der Waals surface area contributed by atoms with Gasteiger partial charge in [-0.1, -0.05) is 6.07 Å². The Morgan fingerprint density at radius 2 is 2.19 bits per heavy atom. The van der Waals surface area contributed by atoms with Crippen LogP contribution in [0.2, 0.25) is 0 Å². The van der Waals surface area contributed by atoms with Crippen molar-refractivity contribution >= 4 is 34.5 Å². The van der Waals surface area contributed by atoms with E-state index in [0.29, 0.717) is 27.9 Å². The number of Topliss-reactive ketones (excluding diaryl/α,β-unsaturated/α-hetero) is 1. The highest BCUT2D eigenvalue weighted by Gasteiger charge is 2.54. The second kappa shape index (κ2) is 6.07. The van der Waals surface area contributed by atoms with Gasteiger partial charge in [0.15, 0.2) is 5.78 Å². The maximum absolute atomic E-state index is 12.6. The molecule has 5 rings (SSSR count). The lowest BCUT2D eigenvalue weighted by Gasteiger charge is -2.30. The molecule has 2 fully saturated rings. The first kappa shape index (κ1) is 16.8. The van der Waals surface area contributed by atoms with Crippen LogP contribution in [0.1, 0.15) is 25.3 Å². The number of benzene rings is 1. The van der Waals surface area contributed by atoms with Crippen molar-refractivity contribution in [3.8, 4) is 5.75 Å². The van der Waals surface area contributed by atoms with Gasteiger partial charge in [-0.05, 0) is 43.5 Å². The van der Waals surface area contributed by atoms with Gasteiger partial charge in [-0.15, -0.1) is 11.3 Å². The number of hydrogen-bond donors (Lipinski definition) is 2. The van der Waals surface area contributed by atoms with E-state index >= 15 is 0 Å². The molecule has 2 N–H and O–H groups in total. The number of likely N-dealkylation sites (N-methyl/N-ethyl adjacent to an activating group) is 1. The van der Waals surface area contributed by atoms with Crippen molar-refractivity contribution in [3.63, 3.8) is 0 Å². The number of ketones is 1. The van der Waals surface area contributed by atoms with Gasteiger partial charge in [-0.25, -0.2) is 0 Å². The van der Waals surface area contributed by atoms with E-state index < -0.39 is 0 Å². The summed E-state index contributed by atoms with van der Waals surface area (Å²) in [4.78, 5) is 30.1. The molecule has 7 heteroatoms. The van der Waals surface area contributed by atoms with Crippen molar-refractivity contribution in [1.82, 2.24) is 10.3 Å². The van der Waals surface area contributed by atoms with Gasteiger partial charge in [-0.3, -0.25) is 9.59 Å². The van der Waals surface area contributed by atoms with Gasteiger partial charge in [0.2, 0.25) is 0 Å². The van der Waals surface area contributed by atoms with Crippen LogP contribution in [0.15, 0.2) is 23.0 Å². The van der Waals surface area contributed by atoms with Crippen molar-refractivity contribution in [2.75, 3.05) is 31.1 Å². The Kier molecular flexibility index (Phi) is 3.77. The second-order valence-electron chi connectivity index (χ2n) is 7.29. The number of thiazole rings is 1. The van der Waals surface area contributed by atoms with Gasteiger partial charge in [0, 0.05) is 18.7 Å². The molecule has 0 radical (unpaired) electrons. The summed E-state index contributed by atoms with van der Waals surface area (Å²) < 4.78 is 7.02. The van der Waals surface area contributed by atoms with Gasteiger partial charge in [0.1, 0.15) is 17.0 Å². The summed E-state index contributed by atoms with van der Waals surface area (Å²) in [6, 6.07) is 5.98. The Morgan fingerprint density at radius 3 is 2.93 bits per heavy atom. The number of fused-ring (bicyclic) bond motifs is 1. The van der Waals surface area contributed by atoms with Crippen LogP contribution in [0.5, 0.6) is 5.75 Å². The first-order valence-electron chi connectivity index (χ1n) is 9.35. The van der Waals surface area contributed by atoms with Crippen LogP contribution in [0, 0.1) is 0 Å². The summed E-state index contributed by atoms with van der Waals surface area (Å²) in [6.07, 6.45) is 3.68. The van der Waals surface area contributed by atoms with E-state index in [1.807, 2.05) is 18.2 Å². The van der Waals surface area contributed by atoms with Crippen molar-refractivity contribution in [3.05, 3.63) is 43.3 Å². The van der Waals surface area contributed by atoms with E-state index in [-0.39, 0.29) is 16.9 Å². The summed E-state index contributed by atoms with van der Waals surface area (Å²) in [5, 5.41) is 3.30. The minimum absolute atomic E-state index is 0.145. The fourth-order valence-corrected chi connectivity index (χ4v) is 4.85. The maximum atomic E-state index is 12.6. The standard InChI is InChI=1S/C20H21N3O3S/c1-2-23-7-8-26-15-4-3-12(9-14(15)23)10-16-18(25)22-19(27-16)13-11-21-20(5-6-20)17(13)24/h3-4,9-10,21H,2,5-8,11H2,1H3,(H,22,25)/b16-10-,19-13+. The van der Waals surface area contributed by atoms with Crippen LogP contribution >= 0.6 is 11.3 Å². The molecule has 3 aliphatic rings. The third-order valence-corrected chi connectivity index (χ3v) is 6.70. The fraction of sp³-hybridized carbons (Fsp3) is 0.400. The molecule has 0 unspecified atom stereocenters. The van der Waals surface area contributed by atoms with Crippen molar-refractivity contribution < 1.29 is 9.53 Å². The highest BCUT2D eigenvalue weighted by molar-refractivity contribution is 7.07. The Balaban J connectivity index is 1.57. The van der Waals surface area contributed by atoms with E-state index in [4.69, 9.17) is 4.74 Å². The number of anilines is 1. The second-order valence-corrected chi connectivity index (χ2v) is 8.34. The molecule has 1 aromatic carbocycles. The highest BCUT2D eigenvalue weighted by atomic mass is 32.1. The number of carbonyl (C=O) groups is 1. The van der Waals surface area contributed by atoms with E-state index in [9.17, 15) is 9.59 Å².